The van der Waals surface area contributed by atoms with Crippen molar-refractivity contribution in [2.24, 2.45) is 5.92 Å². The van der Waals surface area contributed by atoms with Crippen molar-refractivity contribution in [1.82, 2.24) is 0 Å². The molecule has 0 aromatic heterocycles. The van der Waals surface area contributed by atoms with Crippen molar-refractivity contribution in [2.75, 3.05) is 7.11 Å². The second kappa shape index (κ2) is 5.79. The lowest BCUT2D eigenvalue weighted by atomic mass is 10.0. The molecule has 0 spiro atoms. The molecule has 0 bridgehead atoms. The number of benzene rings is 1. The van der Waals surface area contributed by atoms with E-state index in [2.05, 4.69) is 39.0 Å². The van der Waals surface area contributed by atoms with Crippen LogP contribution in [0.5, 0.6) is 5.75 Å². The summed E-state index contributed by atoms with van der Waals surface area (Å²) in [5.74, 6) is 1.83. The highest BCUT2D eigenvalue weighted by Gasteiger charge is 2.03. The molecule has 1 heteroatoms. The summed E-state index contributed by atoms with van der Waals surface area (Å²) in [6.07, 6.45) is 3.66. The lowest BCUT2D eigenvalue weighted by Gasteiger charge is -2.10. The van der Waals surface area contributed by atoms with Gasteiger partial charge in [0.15, 0.2) is 0 Å². The Morgan fingerprint density at radius 3 is 2.60 bits per heavy atom. The van der Waals surface area contributed by atoms with E-state index in [1.807, 2.05) is 0 Å². The Balaban J connectivity index is 2.60. The molecule has 0 aliphatic carbocycles. The predicted octanol–water partition coefficient (Wildman–Crippen LogP) is 3.98. The zero-order chi connectivity index (χ0) is 11.3. The number of hydrogen-bond acceptors (Lipinski definition) is 1. The number of aryl methyl sites for hydroxylation is 2. The van der Waals surface area contributed by atoms with Crippen molar-refractivity contribution in [1.29, 1.82) is 0 Å². The van der Waals surface area contributed by atoms with Gasteiger partial charge in [0.1, 0.15) is 5.75 Å². The lowest BCUT2D eigenvalue weighted by molar-refractivity contribution is 0.407. The zero-order valence-electron chi connectivity index (χ0n) is 10.3. The third kappa shape index (κ3) is 3.94. The Bertz CT molecular complexity index is 302. The highest BCUT2D eigenvalue weighted by molar-refractivity contribution is 5.37. The molecule has 1 aromatic carbocycles. The van der Waals surface area contributed by atoms with Gasteiger partial charge in [-0.25, -0.2) is 0 Å². The van der Waals surface area contributed by atoms with E-state index < -0.39 is 0 Å². The van der Waals surface area contributed by atoms with Crippen molar-refractivity contribution in [3.05, 3.63) is 29.3 Å². The molecule has 15 heavy (non-hydrogen) atoms. The Hall–Kier alpha value is -0.980. The van der Waals surface area contributed by atoms with E-state index in [4.69, 9.17) is 4.74 Å². The molecule has 1 nitrogen and oxygen atoms in total. The standard InChI is InChI=1S/C14H22O/c1-11(2)6-5-7-13-9-8-12(3)10-14(13)15-4/h8-11H,5-7H2,1-4H3. The van der Waals surface area contributed by atoms with Crippen molar-refractivity contribution < 1.29 is 4.74 Å². The maximum absolute atomic E-state index is 5.38. The first-order valence-electron chi connectivity index (χ1n) is 5.77. The first-order valence-corrected chi connectivity index (χ1v) is 5.77. The molecule has 0 radical (unpaired) electrons. The fraction of sp³-hybridized carbons (Fsp3) is 0.571. The van der Waals surface area contributed by atoms with Crippen molar-refractivity contribution >= 4 is 0 Å². The van der Waals surface area contributed by atoms with Gasteiger partial charge in [-0.3, -0.25) is 0 Å². The molecule has 0 N–H and O–H groups in total. The van der Waals surface area contributed by atoms with E-state index >= 15 is 0 Å². The molecular formula is C14H22O. The van der Waals surface area contributed by atoms with Crippen LogP contribution in [0.15, 0.2) is 18.2 Å². The molecule has 0 aliphatic heterocycles. The topological polar surface area (TPSA) is 9.23 Å². The van der Waals surface area contributed by atoms with Gasteiger partial charge in [-0.05, 0) is 42.9 Å². The van der Waals surface area contributed by atoms with Crippen LogP contribution in [0.25, 0.3) is 0 Å². The van der Waals surface area contributed by atoms with Crippen LogP contribution in [0, 0.1) is 12.8 Å². The monoisotopic (exact) mass is 206 g/mol. The largest absolute Gasteiger partial charge is 0.496 e. The van der Waals surface area contributed by atoms with Crippen LogP contribution in [0.1, 0.15) is 37.8 Å². The molecule has 0 amide bonds. The minimum Gasteiger partial charge on any atom is -0.496 e. The fourth-order valence-corrected chi connectivity index (χ4v) is 1.76. The van der Waals surface area contributed by atoms with Gasteiger partial charge in [0.05, 0.1) is 7.11 Å². The molecule has 0 atom stereocenters. The van der Waals surface area contributed by atoms with Crippen molar-refractivity contribution in [3.8, 4) is 5.75 Å². The SMILES string of the molecule is COc1cc(C)ccc1CCCC(C)C. The van der Waals surface area contributed by atoms with E-state index in [9.17, 15) is 0 Å². The minimum absolute atomic E-state index is 0.793. The van der Waals surface area contributed by atoms with E-state index in [0.29, 0.717) is 0 Å². The fourth-order valence-electron chi connectivity index (χ4n) is 1.76. The molecule has 0 fully saturated rings. The molecule has 0 aliphatic rings. The molecular weight excluding hydrogens is 184 g/mol. The first kappa shape index (κ1) is 12.1. The number of hydrogen-bond donors (Lipinski definition) is 0. The summed E-state index contributed by atoms with van der Waals surface area (Å²) in [6, 6.07) is 6.46. The van der Waals surface area contributed by atoms with Gasteiger partial charge < -0.3 is 4.74 Å². The molecule has 0 saturated heterocycles. The van der Waals surface area contributed by atoms with Crippen LogP contribution in [0.2, 0.25) is 0 Å². The molecule has 0 saturated carbocycles. The second-order valence-electron chi connectivity index (χ2n) is 4.60. The normalized spacial score (nSPS) is 10.7. The second-order valence-corrected chi connectivity index (χ2v) is 4.60. The number of methoxy groups -OCH3 is 1. The first-order chi connectivity index (χ1) is 7.13. The van der Waals surface area contributed by atoms with Gasteiger partial charge in [-0.2, -0.15) is 0 Å². The van der Waals surface area contributed by atoms with Gasteiger partial charge in [0.2, 0.25) is 0 Å². The molecule has 0 heterocycles. The molecule has 1 aromatic rings. The average molecular weight is 206 g/mol. The summed E-state index contributed by atoms with van der Waals surface area (Å²) in [5.41, 5.74) is 2.60. The summed E-state index contributed by atoms with van der Waals surface area (Å²) in [4.78, 5) is 0. The highest BCUT2D eigenvalue weighted by atomic mass is 16.5. The van der Waals surface area contributed by atoms with Gasteiger partial charge >= 0.3 is 0 Å². The maximum atomic E-state index is 5.38. The highest BCUT2D eigenvalue weighted by Crippen LogP contribution is 2.22. The predicted molar refractivity (Wildman–Crippen MR) is 65.5 cm³/mol. The minimum atomic E-state index is 0.793. The summed E-state index contributed by atoms with van der Waals surface area (Å²) < 4.78 is 5.38. The van der Waals surface area contributed by atoms with E-state index in [1.165, 1.54) is 24.0 Å². The van der Waals surface area contributed by atoms with Crippen LogP contribution < -0.4 is 4.74 Å². The summed E-state index contributed by atoms with van der Waals surface area (Å²) >= 11 is 0. The quantitative estimate of drug-likeness (QED) is 0.708. The zero-order valence-corrected chi connectivity index (χ0v) is 10.3. The summed E-state index contributed by atoms with van der Waals surface area (Å²) in [7, 11) is 1.75. The Labute approximate surface area is 93.5 Å². The summed E-state index contributed by atoms with van der Waals surface area (Å²) in [6.45, 7) is 6.64. The number of ether oxygens (including phenoxy) is 1. The van der Waals surface area contributed by atoms with Gasteiger partial charge in [-0.1, -0.05) is 32.4 Å². The molecule has 1 rings (SSSR count). The van der Waals surface area contributed by atoms with Gasteiger partial charge in [0, 0.05) is 0 Å². The van der Waals surface area contributed by atoms with Crippen molar-refractivity contribution in [3.63, 3.8) is 0 Å². The van der Waals surface area contributed by atoms with Crippen LogP contribution in [0.3, 0.4) is 0 Å². The van der Waals surface area contributed by atoms with Gasteiger partial charge in [-0.15, -0.1) is 0 Å². The van der Waals surface area contributed by atoms with Crippen LogP contribution in [-0.4, -0.2) is 7.11 Å². The molecule has 0 unspecified atom stereocenters. The lowest BCUT2D eigenvalue weighted by Crippen LogP contribution is -1.95. The molecule has 84 valence electrons. The van der Waals surface area contributed by atoms with Crippen LogP contribution in [-0.2, 0) is 6.42 Å². The van der Waals surface area contributed by atoms with E-state index in [-0.39, 0.29) is 0 Å². The van der Waals surface area contributed by atoms with E-state index in [0.717, 1.165) is 18.1 Å². The average Bonchev–Trinajstić information content (AvgIpc) is 2.19. The van der Waals surface area contributed by atoms with Crippen LogP contribution >= 0.6 is 0 Å². The van der Waals surface area contributed by atoms with E-state index in [1.54, 1.807) is 7.11 Å². The smallest absolute Gasteiger partial charge is 0.122 e. The maximum Gasteiger partial charge on any atom is 0.122 e. The Morgan fingerprint density at radius 2 is 2.00 bits per heavy atom. The van der Waals surface area contributed by atoms with Gasteiger partial charge in [0.25, 0.3) is 0 Å². The third-order valence-corrected chi connectivity index (χ3v) is 2.67. The summed E-state index contributed by atoms with van der Waals surface area (Å²) in [5, 5.41) is 0. The Kier molecular flexibility index (Phi) is 4.67. The third-order valence-electron chi connectivity index (χ3n) is 2.67. The number of rotatable bonds is 5. The van der Waals surface area contributed by atoms with Crippen molar-refractivity contribution in [2.45, 2.75) is 40.0 Å². The van der Waals surface area contributed by atoms with Crippen LogP contribution in [0.4, 0.5) is 0 Å². The Morgan fingerprint density at radius 1 is 1.27 bits per heavy atom.